The lowest BCUT2D eigenvalue weighted by Crippen LogP contribution is -2.24. The van der Waals surface area contributed by atoms with Crippen molar-refractivity contribution in [3.05, 3.63) is 65.7 Å². The average molecular weight is 317 g/mol. The number of aliphatic hydroxyl groups excluding tert-OH is 1. The van der Waals surface area contributed by atoms with E-state index in [9.17, 15) is 5.11 Å². The van der Waals surface area contributed by atoms with Gasteiger partial charge in [0.15, 0.2) is 6.79 Å². The largest absolute Gasteiger partial charge is 0.467 e. The SMILES string of the molecule is COCOc1ccccc1[C@@H](C)NO[C@H](CO)c1ccccc1. The van der Waals surface area contributed by atoms with Crippen LogP contribution in [0.5, 0.6) is 5.75 Å². The van der Waals surface area contributed by atoms with E-state index in [1.807, 2.05) is 61.5 Å². The van der Waals surface area contributed by atoms with Crippen molar-refractivity contribution in [2.24, 2.45) is 0 Å². The van der Waals surface area contributed by atoms with Gasteiger partial charge in [0, 0.05) is 12.7 Å². The zero-order valence-electron chi connectivity index (χ0n) is 13.4. The van der Waals surface area contributed by atoms with E-state index in [-0.39, 0.29) is 19.4 Å². The van der Waals surface area contributed by atoms with Crippen molar-refractivity contribution in [3.63, 3.8) is 0 Å². The number of ether oxygens (including phenoxy) is 2. The zero-order chi connectivity index (χ0) is 16.5. The second kappa shape index (κ2) is 9.27. The Morgan fingerprint density at radius 2 is 1.74 bits per heavy atom. The van der Waals surface area contributed by atoms with Gasteiger partial charge in [0.05, 0.1) is 12.6 Å². The molecule has 5 nitrogen and oxygen atoms in total. The van der Waals surface area contributed by atoms with Crippen LogP contribution in [-0.2, 0) is 9.57 Å². The van der Waals surface area contributed by atoms with Crippen LogP contribution in [-0.4, -0.2) is 25.6 Å². The number of hydrogen-bond donors (Lipinski definition) is 2. The first kappa shape index (κ1) is 17.4. The lowest BCUT2D eigenvalue weighted by molar-refractivity contribution is -0.0673. The first-order chi connectivity index (χ1) is 11.3. The van der Waals surface area contributed by atoms with E-state index >= 15 is 0 Å². The maximum atomic E-state index is 9.53. The summed E-state index contributed by atoms with van der Waals surface area (Å²) in [6, 6.07) is 17.2. The summed E-state index contributed by atoms with van der Waals surface area (Å²) in [5, 5.41) is 9.53. The molecule has 0 spiro atoms. The van der Waals surface area contributed by atoms with Crippen molar-refractivity contribution in [2.45, 2.75) is 19.1 Å². The van der Waals surface area contributed by atoms with Crippen LogP contribution in [0, 0.1) is 0 Å². The molecular formula is C18H23NO4. The molecule has 0 bridgehead atoms. The smallest absolute Gasteiger partial charge is 0.188 e. The minimum atomic E-state index is -0.425. The Balaban J connectivity index is 2.00. The Labute approximate surface area is 136 Å². The number of rotatable bonds is 9. The van der Waals surface area contributed by atoms with Crippen LogP contribution < -0.4 is 10.2 Å². The number of hydroxylamine groups is 1. The molecule has 0 unspecified atom stereocenters. The highest BCUT2D eigenvalue weighted by molar-refractivity contribution is 5.35. The van der Waals surface area contributed by atoms with Crippen molar-refractivity contribution in [2.75, 3.05) is 20.5 Å². The molecule has 2 N–H and O–H groups in total. The molecule has 0 heterocycles. The lowest BCUT2D eigenvalue weighted by atomic mass is 10.1. The van der Waals surface area contributed by atoms with Gasteiger partial charge < -0.3 is 14.6 Å². The zero-order valence-corrected chi connectivity index (χ0v) is 13.4. The van der Waals surface area contributed by atoms with Gasteiger partial charge >= 0.3 is 0 Å². The number of methoxy groups -OCH3 is 1. The summed E-state index contributed by atoms with van der Waals surface area (Å²) in [5.41, 5.74) is 4.85. The fraction of sp³-hybridized carbons (Fsp3) is 0.333. The maximum Gasteiger partial charge on any atom is 0.188 e. The van der Waals surface area contributed by atoms with Crippen molar-refractivity contribution in [1.29, 1.82) is 0 Å². The standard InChI is InChI=1S/C18H23NO4/c1-14(16-10-6-7-11-17(16)22-13-21-2)19-23-18(12-20)15-8-4-3-5-9-15/h3-11,14,18-20H,12-13H2,1-2H3/t14-,18-/m1/s1. The molecule has 0 amide bonds. The number of aliphatic hydroxyl groups is 1. The van der Waals surface area contributed by atoms with Gasteiger partial charge in [-0.05, 0) is 18.6 Å². The Bertz CT molecular complexity index is 576. The lowest BCUT2D eigenvalue weighted by Gasteiger charge is -2.21. The molecule has 2 aromatic rings. The second-order valence-electron chi connectivity index (χ2n) is 5.13. The van der Waals surface area contributed by atoms with Crippen LogP contribution in [0.3, 0.4) is 0 Å². The van der Waals surface area contributed by atoms with Gasteiger partial charge in [-0.15, -0.1) is 0 Å². The second-order valence-corrected chi connectivity index (χ2v) is 5.13. The number of para-hydroxylation sites is 1. The normalized spacial score (nSPS) is 13.5. The summed E-state index contributed by atoms with van der Waals surface area (Å²) in [5.74, 6) is 0.734. The molecule has 0 aliphatic carbocycles. The van der Waals surface area contributed by atoms with E-state index < -0.39 is 6.10 Å². The molecule has 0 fully saturated rings. The molecule has 0 aromatic heterocycles. The van der Waals surface area contributed by atoms with Crippen molar-refractivity contribution < 1.29 is 19.4 Å². The highest BCUT2D eigenvalue weighted by atomic mass is 16.7. The Morgan fingerprint density at radius 1 is 1.04 bits per heavy atom. The molecule has 0 aliphatic rings. The molecular weight excluding hydrogens is 294 g/mol. The molecule has 2 rings (SSSR count). The van der Waals surface area contributed by atoms with Crippen molar-refractivity contribution in [1.82, 2.24) is 5.48 Å². The van der Waals surface area contributed by atoms with Gasteiger partial charge in [0.1, 0.15) is 11.9 Å². The van der Waals surface area contributed by atoms with E-state index in [0.717, 1.165) is 16.9 Å². The number of benzene rings is 2. The number of nitrogens with one attached hydrogen (secondary N) is 1. The summed E-state index contributed by atoms with van der Waals surface area (Å²) in [6.45, 7) is 2.05. The van der Waals surface area contributed by atoms with Crippen LogP contribution in [0.2, 0.25) is 0 Å². The van der Waals surface area contributed by atoms with Crippen molar-refractivity contribution in [3.8, 4) is 5.75 Å². The number of hydrogen-bond acceptors (Lipinski definition) is 5. The minimum Gasteiger partial charge on any atom is -0.467 e. The van der Waals surface area contributed by atoms with Gasteiger partial charge in [-0.2, -0.15) is 5.48 Å². The summed E-state index contributed by atoms with van der Waals surface area (Å²) in [4.78, 5) is 5.67. The fourth-order valence-electron chi connectivity index (χ4n) is 2.22. The molecule has 124 valence electrons. The van der Waals surface area contributed by atoms with E-state index in [4.69, 9.17) is 14.3 Å². The van der Waals surface area contributed by atoms with E-state index in [2.05, 4.69) is 5.48 Å². The van der Waals surface area contributed by atoms with Gasteiger partial charge in [-0.25, -0.2) is 0 Å². The van der Waals surface area contributed by atoms with Crippen LogP contribution in [0.1, 0.15) is 30.2 Å². The maximum absolute atomic E-state index is 9.53. The van der Waals surface area contributed by atoms with E-state index in [1.54, 1.807) is 7.11 Å². The monoisotopic (exact) mass is 317 g/mol. The minimum absolute atomic E-state index is 0.106. The Morgan fingerprint density at radius 3 is 2.43 bits per heavy atom. The summed E-state index contributed by atoms with van der Waals surface area (Å²) >= 11 is 0. The van der Waals surface area contributed by atoms with E-state index in [0.29, 0.717) is 0 Å². The van der Waals surface area contributed by atoms with Gasteiger partial charge in [-0.1, -0.05) is 48.5 Å². The molecule has 0 saturated carbocycles. The topological polar surface area (TPSA) is 60.0 Å². The summed E-state index contributed by atoms with van der Waals surface area (Å²) in [6.07, 6.45) is -0.425. The average Bonchev–Trinajstić information content (AvgIpc) is 2.61. The molecule has 23 heavy (non-hydrogen) atoms. The first-order valence-corrected chi connectivity index (χ1v) is 7.54. The Hall–Kier alpha value is -1.92. The van der Waals surface area contributed by atoms with Crippen LogP contribution >= 0.6 is 0 Å². The van der Waals surface area contributed by atoms with E-state index in [1.165, 1.54) is 0 Å². The molecule has 0 aliphatic heterocycles. The van der Waals surface area contributed by atoms with Crippen molar-refractivity contribution >= 4 is 0 Å². The van der Waals surface area contributed by atoms with Gasteiger partial charge in [-0.3, -0.25) is 4.84 Å². The highest BCUT2D eigenvalue weighted by Gasteiger charge is 2.15. The molecule has 2 aromatic carbocycles. The van der Waals surface area contributed by atoms with Crippen LogP contribution in [0.25, 0.3) is 0 Å². The third-order valence-corrected chi connectivity index (χ3v) is 3.44. The highest BCUT2D eigenvalue weighted by Crippen LogP contribution is 2.26. The molecule has 0 radical (unpaired) electrons. The predicted octanol–water partition coefficient (Wildman–Crippen LogP) is 2.99. The first-order valence-electron chi connectivity index (χ1n) is 7.54. The molecule has 2 atom stereocenters. The van der Waals surface area contributed by atoms with Gasteiger partial charge in [0.25, 0.3) is 0 Å². The molecule has 0 saturated heterocycles. The Kier molecular flexibility index (Phi) is 7.03. The van der Waals surface area contributed by atoms with Crippen LogP contribution in [0.15, 0.2) is 54.6 Å². The summed E-state index contributed by atoms with van der Waals surface area (Å²) in [7, 11) is 1.58. The molecule has 5 heteroatoms. The predicted molar refractivity (Wildman–Crippen MR) is 87.9 cm³/mol. The summed E-state index contributed by atoms with van der Waals surface area (Å²) < 4.78 is 10.5. The fourth-order valence-corrected chi connectivity index (χ4v) is 2.22. The van der Waals surface area contributed by atoms with Gasteiger partial charge in [0.2, 0.25) is 0 Å². The third kappa shape index (κ3) is 5.04. The van der Waals surface area contributed by atoms with Crippen LogP contribution in [0.4, 0.5) is 0 Å². The quantitative estimate of drug-likeness (QED) is 0.550. The third-order valence-electron chi connectivity index (χ3n) is 3.44.